The van der Waals surface area contributed by atoms with Gasteiger partial charge in [0.15, 0.2) is 0 Å². The van der Waals surface area contributed by atoms with Crippen molar-refractivity contribution in [3.8, 4) is 0 Å². The summed E-state index contributed by atoms with van der Waals surface area (Å²) in [4.78, 5) is 10.9. The van der Waals surface area contributed by atoms with Crippen molar-refractivity contribution >= 4 is 27.3 Å². The van der Waals surface area contributed by atoms with Crippen molar-refractivity contribution in [2.75, 3.05) is 0 Å². The first kappa shape index (κ1) is 11.1. The van der Waals surface area contributed by atoms with Gasteiger partial charge in [-0.2, -0.15) is 0 Å². The molecular formula is C13H15NOS. The summed E-state index contributed by atoms with van der Waals surface area (Å²) in [5.74, 6) is -0.0343. The first-order valence-electron chi connectivity index (χ1n) is 5.34. The first-order valence-corrected chi connectivity index (χ1v) is 6.22. The van der Waals surface area contributed by atoms with Crippen LogP contribution in [0.25, 0.3) is 10.1 Å². The standard InChI is InChI=1S/C13H15NOS/c1-8-3-4-10-11(7-16-12(10)5-8)9(2)6-13(14)15/h3-5,7,9H,6H2,1-2H3,(H2,14,15). The summed E-state index contributed by atoms with van der Waals surface area (Å²) >= 11 is 1.73. The molecule has 0 radical (unpaired) electrons. The Morgan fingerprint density at radius 2 is 2.25 bits per heavy atom. The highest BCUT2D eigenvalue weighted by Crippen LogP contribution is 2.33. The minimum Gasteiger partial charge on any atom is -0.370 e. The van der Waals surface area contributed by atoms with Crippen molar-refractivity contribution in [3.05, 3.63) is 34.7 Å². The van der Waals surface area contributed by atoms with E-state index in [1.807, 2.05) is 6.92 Å². The van der Waals surface area contributed by atoms with Gasteiger partial charge in [0.1, 0.15) is 0 Å². The maximum Gasteiger partial charge on any atom is 0.218 e. The van der Waals surface area contributed by atoms with E-state index in [4.69, 9.17) is 5.73 Å². The van der Waals surface area contributed by atoms with Crippen LogP contribution >= 0.6 is 11.3 Å². The predicted octanol–water partition coefficient (Wildman–Crippen LogP) is 3.19. The summed E-state index contributed by atoms with van der Waals surface area (Å²) in [5, 5.41) is 3.39. The predicted molar refractivity (Wildman–Crippen MR) is 68.8 cm³/mol. The van der Waals surface area contributed by atoms with Crippen molar-refractivity contribution in [2.45, 2.75) is 26.2 Å². The number of hydrogen-bond acceptors (Lipinski definition) is 2. The minimum atomic E-state index is -0.237. The Bertz CT molecular complexity index is 530. The quantitative estimate of drug-likeness (QED) is 0.869. The van der Waals surface area contributed by atoms with Gasteiger partial charge >= 0.3 is 0 Å². The van der Waals surface area contributed by atoms with E-state index in [9.17, 15) is 4.79 Å². The molecule has 0 spiro atoms. The fourth-order valence-electron chi connectivity index (χ4n) is 1.95. The summed E-state index contributed by atoms with van der Waals surface area (Å²) in [6.45, 7) is 4.14. The number of amides is 1. The van der Waals surface area contributed by atoms with E-state index in [1.165, 1.54) is 21.2 Å². The monoisotopic (exact) mass is 233 g/mol. The van der Waals surface area contributed by atoms with E-state index in [-0.39, 0.29) is 11.8 Å². The van der Waals surface area contributed by atoms with Crippen molar-refractivity contribution in [1.82, 2.24) is 0 Å². The maximum absolute atomic E-state index is 10.9. The lowest BCUT2D eigenvalue weighted by Crippen LogP contribution is -2.13. The molecule has 2 rings (SSSR count). The topological polar surface area (TPSA) is 43.1 Å². The van der Waals surface area contributed by atoms with Gasteiger partial charge < -0.3 is 5.73 Å². The van der Waals surface area contributed by atoms with Crippen LogP contribution in [0, 0.1) is 6.92 Å². The molecule has 0 bridgehead atoms. The number of carbonyl (C=O) groups excluding carboxylic acids is 1. The zero-order chi connectivity index (χ0) is 11.7. The van der Waals surface area contributed by atoms with Gasteiger partial charge in [0.2, 0.25) is 5.91 Å². The van der Waals surface area contributed by atoms with Gasteiger partial charge in [0, 0.05) is 11.1 Å². The average Bonchev–Trinajstić information content (AvgIpc) is 2.59. The number of nitrogens with two attached hydrogens (primary N) is 1. The third kappa shape index (κ3) is 2.09. The molecule has 0 aliphatic carbocycles. The lowest BCUT2D eigenvalue weighted by molar-refractivity contribution is -0.118. The molecule has 1 atom stereocenters. The molecule has 0 fully saturated rings. The molecule has 0 aliphatic rings. The van der Waals surface area contributed by atoms with E-state index in [1.54, 1.807) is 11.3 Å². The molecule has 3 heteroatoms. The number of fused-ring (bicyclic) bond motifs is 1. The molecule has 2 N–H and O–H groups in total. The molecule has 1 aromatic carbocycles. The molecule has 1 aromatic heterocycles. The molecule has 1 amide bonds. The van der Waals surface area contributed by atoms with Crippen LogP contribution in [0.4, 0.5) is 0 Å². The Balaban J connectivity index is 2.41. The van der Waals surface area contributed by atoms with Crippen LogP contribution < -0.4 is 5.73 Å². The summed E-state index contributed by atoms with van der Waals surface area (Å²) in [6, 6.07) is 6.42. The number of thiophene rings is 1. The summed E-state index contributed by atoms with van der Waals surface area (Å²) in [6.07, 6.45) is 0.416. The van der Waals surface area contributed by atoms with Gasteiger partial charge in [0.25, 0.3) is 0 Å². The van der Waals surface area contributed by atoms with Gasteiger partial charge in [-0.25, -0.2) is 0 Å². The summed E-state index contributed by atoms with van der Waals surface area (Å²) in [7, 11) is 0. The minimum absolute atomic E-state index is 0.203. The highest BCUT2D eigenvalue weighted by atomic mass is 32.1. The SMILES string of the molecule is Cc1ccc2c(C(C)CC(N)=O)csc2c1. The van der Waals surface area contributed by atoms with E-state index >= 15 is 0 Å². The van der Waals surface area contributed by atoms with Gasteiger partial charge in [0.05, 0.1) is 0 Å². The van der Waals surface area contributed by atoms with E-state index in [2.05, 4.69) is 30.5 Å². The molecule has 2 nitrogen and oxygen atoms in total. The molecule has 1 heterocycles. The molecule has 16 heavy (non-hydrogen) atoms. The van der Waals surface area contributed by atoms with Crippen LogP contribution in [0.15, 0.2) is 23.6 Å². The fourth-order valence-corrected chi connectivity index (χ4v) is 3.13. The zero-order valence-electron chi connectivity index (χ0n) is 9.49. The van der Waals surface area contributed by atoms with Crippen molar-refractivity contribution in [1.29, 1.82) is 0 Å². The maximum atomic E-state index is 10.9. The number of rotatable bonds is 3. The fraction of sp³-hybridized carbons (Fsp3) is 0.308. The van der Waals surface area contributed by atoms with Crippen LogP contribution in [0.1, 0.15) is 30.4 Å². The molecule has 84 valence electrons. The molecule has 1 unspecified atom stereocenters. The molecule has 0 aliphatic heterocycles. The number of primary amides is 1. The van der Waals surface area contributed by atoms with Gasteiger partial charge in [-0.15, -0.1) is 11.3 Å². The van der Waals surface area contributed by atoms with Crippen molar-refractivity contribution < 1.29 is 4.79 Å². The lowest BCUT2D eigenvalue weighted by atomic mass is 9.97. The van der Waals surface area contributed by atoms with Gasteiger partial charge in [-0.05, 0) is 40.8 Å². The second kappa shape index (κ2) is 4.26. The third-order valence-electron chi connectivity index (χ3n) is 2.80. The second-order valence-corrected chi connectivity index (χ2v) is 5.17. The Hall–Kier alpha value is -1.35. The second-order valence-electron chi connectivity index (χ2n) is 4.26. The molecule has 2 aromatic rings. The number of hydrogen-bond donors (Lipinski definition) is 1. The van der Waals surface area contributed by atoms with Crippen LogP contribution in [0.3, 0.4) is 0 Å². The van der Waals surface area contributed by atoms with Crippen LogP contribution in [0.2, 0.25) is 0 Å². The molecule has 0 saturated carbocycles. The average molecular weight is 233 g/mol. The van der Waals surface area contributed by atoms with Crippen molar-refractivity contribution in [2.24, 2.45) is 5.73 Å². The zero-order valence-corrected chi connectivity index (χ0v) is 10.3. The smallest absolute Gasteiger partial charge is 0.218 e. The van der Waals surface area contributed by atoms with Crippen LogP contribution in [-0.2, 0) is 4.79 Å². The largest absolute Gasteiger partial charge is 0.370 e. The normalized spacial score (nSPS) is 12.9. The Labute approximate surface area is 99.1 Å². The van der Waals surface area contributed by atoms with Crippen LogP contribution in [0.5, 0.6) is 0 Å². The number of carbonyl (C=O) groups is 1. The lowest BCUT2D eigenvalue weighted by Gasteiger charge is -2.07. The van der Waals surface area contributed by atoms with E-state index in [0.717, 1.165) is 0 Å². The van der Waals surface area contributed by atoms with Crippen molar-refractivity contribution in [3.63, 3.8) is 0 Å². The van der Waals surface area contributed by atoms with Gasteiger partial charge in [-0.1, -0.05) is 19.1 Å². The van der Waals surface area contributed by atoms with Gasteiger partial charge in [-0.3, -0.25) is 4.79 Å². The Morgan fingerprint density at radius 1 is 1.50 bits per heavy atom. The number of benzene rings is 1. The first-order chi connectivity index (χ1) is 7.58. The summed E-state index contributed by atoms with van der Waals surface area (Å²) in [5.41, 5.74) is 7.73. The highest BCUT2D eigenvalue weighted by molar-refractivity contribution is 7.17. The Morgan fingerprint density at radius 3 is 2.94 bits per heavy atom. The Kier molecular flexibility index (Phi) is 2.97. The molecular weight excluding hydrogens is 218 g/mol. The summed E-state index contributed by atoms with van der Waals surface area (Å²) < 4.78 is 1.28. The third-order valence-corrected chi connectivity index (χ3v) is 3.76. The van der Waals surface area contributed by atoms with E-state index < -0.39 is 0 Å². The number of aryl methyl sites for hydroxylation is 1. The van der Waals surface area contributed by atoms with Crippen LogP contribution in [-0.4, -0.2) is 5.91 Å². The molecule has 0 saturated heterocycles. The highest BCUT2D eigenvalue weighted by Gasteiger charge is 2.13. The van der Waals surface area contributed by atoms with E-state index in [0.29, 0.717) is 6.42 Å².